The molecule has 2 saturated heterocycles. The fraction of sp³-hybridized carbons (Fsp3) is 0.562. The first-order chi connectivity index (χ1) is 11.2. The van der Waals surface area contributed by atoms with Gasteiger partial charge in [0, 0.05) is 30.9 Å². The van der Waals surface area contributed by atoms with Crippen LogP contribution in [0.5, 0.6) is 0 Å². The number of anilines is 1. The number of nitro groups is 1. The molecular weight excluding hydrogens is 378 g/mol. The van der Waals surface area contributed by atoms with Gasteiger partial charge < -0.3 is 14.5 Å². The molecule has 0 radical (unpaired) electrons. The van der Waals surface area contributed by atoms with E-state index in [0.717, 1.165) is 12.1 Å². The number of hydrogen-bond donors (Lipinski definition) is 0. The van der Waals surface area contributed by atoms with E-state index in [2.05, 4.69) is 20.8 Å². The summed E-state index contributed by atoms with van der Waals surface area (Å²) in [7, 11) is 0. The van der Waals surface area contributed by atoms with Crippen LogP contribution in [0.15, 0.2) is 22.7 Å². The molecule has 1 amide bonds. The van der Waals surface area contributed by atoms with E-state index in [-0.39, 0.29) is 23.9 Å². The summed E-state index contributed by atoms with van der Waals surface area (Å²) in [5.41, 5.74) is 0.490. The maximum absolute atomic E-state index is 12.3. The topological polar surface area (TPSA) is 75.9 Å². The molecule has 0 aliphatic carbocycles. The molecule has 2 aliphatic rings. The minimum atomic E-state index is -0.498. The Kier molecular flexibility index (Phi) is 4.19. The number of carbonyl (C=O) groups is 1. The molecular formula is C16H20BrN3O4. The van der Waals surface area contributed by atoms with Crippen LogP contribution in [-0.4, -0.2) is 46.7 Å². The lowest BCUT2D eigenvalue weighted by Gasteiger charge is -2.36. The zero-order chi connectivity index (χ0) is 17.6. The van der Waals surface area contributed by atoms with Crippen molar-refractivity contribution in [2.75, 3.05) is 18.0 Å². The average Bonchev–Trinajstić information content (AvgIpc) is 3.04. The molecule has 24 heavy (non-hydrogen) atoms. The van der Waals surface area contributed by atoms with Crippen molar-refractivity contribution in [3.05, 3.63) is 32.8 Å². The number of rotatable bonds is 2. The smallest absolute Gasteiger partial charge is 0.410 e. The van der Waals surface area contributed by atoms with Gasteiger partial charge >= 0.3 is 6.09 Å². The maximum atomic E-state index is 12.3. The molecule has 8 heteroatoms. The van der Waals surface area contributed by atoms with Crippen LogP contribution in [0.25, 0.3) is 0 Å². The van der Waals surface area contributed by atoms with E-state index in [0.29, 0.717) is 17.6 Å². The van der Waals surface area contributed by atoms with Crippen molar-refractivity contribution in [2.45, 2.75) is 44.9 Å². The summed E-state index contributed by atoms with van der Waals surface area (Å²) in [5.74, 6) is 0. The number of nitrogens with zero attached hydrogens (tertiary/aromatic N) is 3. The Hall–Kier alpha value is -1.83. The summed E-state index contributed by atoms with van der Waals surface area (Å²) < 4.78 is 5.93. The molecule has 2 fully saturated rings. The summed E-state index contributed by atoms with van der Waals surface area (Å²) >= 11 is 3.26. The zero-order valence-electron chi connectivity index (χ0n) is 13.9. The van der Waals surface area contributed by atoms with Crippen LogP contribution in [0.1, 0.15) is 27.2 Å². The fourth-order valence-electron chi connectivity index (χ4n) is 3.35. The molecule has 2 heterocycles. The zero-order valence-corrected chi connectivity index (χ0v) is 15.4. The van der Waals surface area contributed by atoms with Gasteiger partial charge in [-0.2, -0.15) is 0 Å². The Bertz CT molecular complexity index is 688. The molecule has 0 spiro atoms. The molecule has 0 N–H and O–H groups in total. The standard InChI is InChI=1S/C16H20BrN3O4/c1-16(2,3)24-15(21)19-9-11-6-12(19)8-18(11)10-4-5-14(20(22)23)13(17)7-10/h4-5,7,11-12H,6,8-9H2,1-3H3/t11-,12-/m1/s1. The first kappa shape index (κ1) is 17.0. The van der Waals surface area contributed by atoms with E-state index in [9.17, 15) is 14.9 Å². The van der Waals surface area contributed by atoms with Gasteiger partial charge in [-0.05, 0) is 55.3 Å². The van der Waals surface area contributed by atoms with Gasteiger partial charge in [0.2, 0.25) is 0 Å². The summed E-state index contributed by atoms with van der Waals surface area (Å²) in [4.78, 5) is 26.8. The number of halogens is 1. The molecule has 130 valence electrons. The highest BCUT2D eigenvalue weighted by molar-refractivity contribution is 9.10. The summed E-state index contributed by atoms with van der Waals surface area (Å²) in [5, 5.41) is 10.9. The second-order valence-corrected chi connectivity index (χ2v) is 8.08. The number of fused-ring (bicyclic) bond motifs is 2. The quantitative estimate of drug-likeness (QED) is 0.563. The molecule has 2 bridgehead atoms. The summed E-state index contributed by atoms with van der Waals surface area (Å²) in [6.45, 7) is 6.92. The first-order valence-corrected chi connectivity index (χ1v) is 8.65. The van der Waals surface area contributed by atoms with Gasteiger partial charge in [0.05, 0.1) is 15.4 Å². The van der Waals surface area contributed by atoms with Crippen molar-refractivity contribution in [1.29, 1.82) is 0 Å². The van der Waals surface area contributed by atoms with Gasteiger partial charge in [0.25, 0.3) is 5.69 Å². The minimum Gasteiger partial charge on any atom is -0.444 e. The van der Waals surface area contributed by atoms with Crippen LogP contribution in [-0.2, 0) is 4.74 Å². The van der Waals surface area contributed by atoms with E-state index in [1.54, 1.807) is 17.0 Å². The van der Waals surface area contributed by atoms with E-state index < -0.39 is 10.5 Å². The van der Waals surface area contributed by atoms with E-state index in [1.807, 2.05) is 20.8 Å². The number of carbonyl (C=O) groups excluding carboxylic acids is 1. The number of ether oxygens (including phenoxy) is 1. The highest BCUT2D eigenvalue weighted by atomic mass is 79.9. The number of nitro benzene ring substituents is 1. The third-order valence-electron chi connectivity index (χ3n) is 4.33. The second kappa shape index (κ2) is 5.91. The Labute approximate surface area is 148 Å². The Morgan fingerprint density at radius 2 is 2.04 bits per heavy atom. The van der Waals surface area contributed by atoms with Gasteiger partial charge in [0.15, 0.2) is 0 Å². The second-order valence-electron chi connectivity index (χ2n) is 7.22. The summed E-state index contributed by atoms with van der Waals surface area (Å²) in [6.07, 6.45) is 0.632. The van der Waals surface area contributed by atoms with Crippen LogP contribution in [0, 0.1) is 10.1 Å². The molecule has 0 aromatic heterocycles. The van der Waals surface area contributed by atoms with Gasteiger partial charge in [-0.25, -0.2) is 4.79 Å². The summed E-state index contributed by atoms with van der Waals surface area (Å²) in [6, 6.07) is 5.39. The Morgan fingerprint density at radius 3 is 2.54 bits per heavy atom. The van der Waals surface area contributed by atoms with Crippen LogP contribution in [0.2, 0.25) is 0 Å². The van der Waals surface area contributed by atoms with E-state index >= 15 is 0 Å². The highest BCUT2D eigenvalue weighted by Crippen LogP contribution is 2.38. The van der Waals surface area contributed by atoms with Crippen LogP contribution in [0.3, 0.4) is 0 Å². The lowest BCUT2D eigenvalue weighted by atomic mass is 10.2. The predicted octanol–water partition coefficient (Wildman–Crippen LogP) is 3.56. The lowest BCUT2D eigenvalue weighted by molar-refractivity contribution is -0.385. The number of hydrogen-bond acceptors (Lipinski definition) is 5. The highest BCUT2D eigenvalue weighted by Gasteiger charge is 2.46. The molecule has 7 nitrogen and oxygen atoms in total. The minimum absolute atomic E-state index is 0.0542. The largest absolute Gasteiger partial charge is 0.444 e. The van der Waals surface area contributed by atoms with Crippen LogP contribution in [0.4, 0.5) is 16.2 Å². The Balaban J connectivity index is 1.71. The van der Waals surface area contributed by atoms with Crippen LogP contribution >= 0.6 is 15.9 Å². The van der Waals surface area contributed by atoms with Crippen LogP contribution < -0.4 is 4.90 Å². The third kappa shape index (κ3) is 3.19. The number of amides is 1. The van der Waals surface area contributed by atoms with Crippen molar-refractivity contribution in [2.24, 2.45) is 0 Å². The van der Waals surface area contributed by atoms with E-state index in [4.69, 9.17) is 4.74 Å². The fourth-order valence-corrected chi connectivity index (χ4v) is 3.86. The first-order valence-electron chi connectivity index (χ1n) is 7.86. The molecule has 2 aliphatic heterocycles. The van der Waals surface area contributed by atoms with Crippen molar-refractivity contribution in [3.8, 4) is 0 Å². The normalized spacial score (nSPS) is 22.8. The Morgan fingerprint density at radius 1 is 1.33 bits per heavy atom. The average molecular weight is 398 g/mol. The number of piperazine rings is 1. The van der Waals surface area contributed by atoms with E-state index in [1.165, 1.54) is 6.07 Å². The van der Waals surface area contributed by atoms with Gasteiger partial charge in [-0.1, -0.05) is 0 Å². The monoisotopic (exact) mass is 397 g/mol. The molecule has 1 aromatic rings. The van der Waals surface area contributed by atoms with Gasteiger partial charge in [-0.3, -0.25) is 10.1 Å². The molecule has 0 saturated carbocycles. The van der Waals surface area contributed by atoms with Crippen molar-refractivity contribution < 1.29 is 14.5 Å². The number of benzene rings is 1. The van der Waals surface area contributed by atoms with Gasteiger partial charge in [0.1, 0.15) is 5.60 Å². The molecule has 2 atom stereocenters. The molecule has 0 unspecified atom stereocenters. The van der Waals surface area contributed by atoms with Crippen molar-refractivity contribution >= 4 is 33.4 Å². The number of likely N-dealkylation sites (tertiary alicyclic amines) is 1. The van der Waals surface area contributed by atoms with Gasteiger partial charge in [-0.15, -0.1) is 0 Å². The van der Waals surface area contributed by atoms with Crippen molar-refractivity contribution in [1.82, 2.24) is 4.90 Å². The SMILES string of the molecule is CC(C)(C)OC(=O)N1C[C@H]2C[C@@H]1CN2c1ccc([N+](=O)[O-])c(Br)c1. The third-order valence-corrected chi connectivity index (χ3v) is 4.96. The molecule has 3 rings (SSSR count). The predicted molar refractivity (Wildman–Crippen MR) is 93.3 cm³/mol. The maximum Gasteiger partial charge on any atom is 0.410 e. The lowest BCUT2D eigenvalue weighted by Crippen LogP contribution is -2.50. The van der Waals surface area contributed by atoms with Crippen molar-refractivity contribution in [3.63, 3.8) is 0 Å². The molecule has 1 aromatic carbocycles.